The summed E-state index contributed by atoms with van der Waals surface area (Å²) in [6.07, 6.45) is 11.4. The number of β-amino-alcohol motifs (C(OH)–C–C–N with tert-alkyl or cyclic N) is 1. The lowest BCUT2D eigenvalue weighted by atomic mass is 9.59. The molecule has 3 N–H and O–H groups in total. The Balaban J connectivity index is 1.60. The van der Waals surface area contributed by atoms with E-state index in [1.165, 1.54) is 44.1 Å². The molecule has 0 spiro atoms. The van der Waals surface area contributed by atoms with Crippen molar-refractivity contribution in [3.05, 3.63) is 53.3 Å². The largest absolute Gasteiger partial charge is 0.491 e. The van der Waals surface area contributed by atoms with E-state index < -0.39 is 34.3 Å². The van der Waals surface area contributed by atoms with Crippen LogP contribution < -0.4 is 4.74 Å². The molecule has 1 aromatic carbocycles. The van der Waals surface area contributed by atoms with Crippen molar-refractivity contribution in [2.24, 2.45) is 16.2 Å². The highest BCUT2D eigenvalue weighted by atomic mass is 16.5. The number of unbranched alkanes of at least 4 members (excludes halogenated alkanes) is 5. The van der Waals surface area contributed by atoms with Crippen molar-refractivity contribution < 1.29 is 29.6 Å². The molecule has 0 bridgehead atoms. The van der Waals surface area contributed by atoms with Crippen LogP contribution >= 0.6 is 0 Å². The number of aliphatic hydroxyl groups excluding tert-OH is 1. The highest BCUT2D eigenvalue weighted by molar-refractivity contribution is 5.84. The number of allylic oxidation sites excluding steroid dienone is 1. The van der Waals surface area contributed by atoms with Crippen LogP contribution in [0, 0.1) is 16.2 Å². The van der Waals surface area contributed by atoms with Crippen LogP contribution in [-0.2, 0) is 16.0 Å². The maximum atomic E-state index is 12.4. The highest BCUT2D eigenvalue weighted by Gasteiger charge is 2.56. The maximum absolute atomic E-state index is 12.4. The Morgan fingerprint density at radius 2 is 1.67 bits per heavy atom. The lowest BCUT2D eigenvalue weighted by Gasteiger charge is -2.42. The molecular formula is C32H47NO6. The second-order valence-corrected chi connectivity index (χ2v) is 12.5. The lowest BCUT2D eigenvalue weighted by molar-refractivity contribution is -0.153. The number of hydrogen-bond donors (Lipinski definition) is 3. The second-order valence-electron chi connectivity index (χ2n) is 12.5. The molecule has 216 valence electrons. The van der Waals surface area contributed by atoms with Gasteiger partial charge in [0.05, 0.1) is 5.41 Å². The van der Waals surface area contributed by atoms with E-state index in [0.29, 0.717) is 17.0 Å². The van der Waals surface area contributed by atoms with Gasteiger partial charge < -0.3 is 25.0 Å². The lowest BCUT2D eigenvalue weighted by Crippen LogP contribution is -2.45. The van der Waals surface area contributed by atoms with Gasteiger partial charge >= 0.3 is 11.9 Å². The van der Waals surface area contributed by atoms with Gasteiger partial charge in [0.1, 0.15) is 23.9 Å². The molecule has 2 aliphatic rings. The predicted molar refractivity (Wildman–Crippen MR) is 153 cm³/mol. The summed E-state index contributed by atoms with van der Waals surface area (Å²) in [5.41, 5.74) is -0.485. The van der Waals surface area contributed by atoms with Gasteiger partial charge in [0.2, 0.25) is 0 Å². The fraction of sp³-hybridized carbons (Fsp3) is 0.625. The van der Waals surface area contributed by atoms with E-state index in [1.54, 1.807) is 19.1 Å². The third kappa shape index (κ3) is 6.86. The number of nitrogens with zero attached hydrogens (tertiary/aromatic N) is 1. The van der Waals surface area contributed by atoms with Crippen LogP contribution in [0.25, 0.3) is 0 Å². The number of carbonyl (C=O) groups is 2. The number of aliphatic hydroxyl groups is 1. The van der Waals surface area contributed by atoms with Crippen LogP contribution in [0.5, 0.6) is 5.75 Å². The summed E-state index contributed by atoms with van der Waals surface area (Å²) in [6, 6.07) is 8.00. The van der Waals surface area contributed by atoms with Gasteiger partial charge in [0.25, 0.3) is 0 Å². The summed E-state index contributed by atoms with van der Waals surface area (Å²) in [4.78, 5) is 26.6. The van der Waals surface area contributed by atoms with Crippen LogP contribution in [0.3, 0.4) is 0 Å². The second kappa shape index (κ2) is 12.6. The molecule has 1 aliphatic carbocycles. The fourth-order valence-corrected chi connectivity index (χ4v) is 5.79. The summed E-state index contributed by atoms with van der Waals surface area (Å²) in [5.74, 6) is -1.27. The molecule has 0 aromatic heterocycles. The molecule has 0 radical (unpaired) electrons. The predicted octanol–water partition coefficient (Wildman–Crippen LogP) is 6.07. The van der Waals surface area contributed by atoms with Crippen molar-refractivity contribution in [1.29, 1.82) is 0 Å². The van der Waals surface area contributed by atoms with E-state index in [1.807, 2.05) is 37.8 Å². The van der Waals surface area contributed by atoms with Gasteiger partial charge in [-0.05, 0) is 60.9 Å². The molecule has 0 fully saturated rings. The zero-order valence-corrected chi connectivity index (χ0v) is 24.3. The molecule has 3 atom stereocenters. The van der Waals surface area contributed by atoms with Crippen molar-refractivity contribution in [3.8, 4) is 5.75 Å². The monoisotopic (exact) mass is 541 g/mol. The van der Waals surface area contributed by atoms with E-state index in [2.05, 4.69) is 19.1 Å². The Labute approximate surface area is 233 Å². The topological polar surface area (TPSA) is 107 Å². The summed E-state index contributed by atoms with van der Waals surface area (Å²) in [6.45, 7) is 9.90. The van der Waals surface area contributed by atoms with E-state index >= 15 is 0 Å². The van der Waals surface area contributed by atoms with Crippen LogP contribution in [0.4, 0.5) is 0 Å². The van der Waals surface area contributed by atoms with Crippen molar-refractivity contribution in [3.63, 3.8) is 0 Å². The first-order valence-corrected chi connectivity index (χ1v) is 14.4. The highest BCUT2D eigenvalue weighted by Crippen LogP contribution is 2.54. The third-order valence-corrected chi connectivity index (χ3v) is 8.61. The van der Waals surface area contributed by atoms with Gasteiger partial charge in [-0.2, -0.15) is 0 Å². The molecule has 0 saturated heterocycles. The molecule has 0 saturated carbocycles. The average molecular weight is 542 g/mol. The van der Waals surface area contributed by atoms with Crippen molar-refractivity contribution in [1.82, 2.24) is 4.90 Å². The Bertz CT molecular complexity index is 1070. The number of ether oxygens (including phenoxy) is 1. The molecule has 7 heteroatoms. The van der Waals surface area contributed by atoms with E-state index in [4.69, 9.17) is 4.74 Å². The van der Waals surface area contributed by atoms with E-state index in [9.17, 15) is 24.9 Å². The number of benzene rings is 1. The number of aryl methyl sites for hydroxylation is 1. The number of aliphatic carboxylic acids is 2. The molecule has 0 amide bonds. The molecule has 1 aliphatic heterocycles. The average Bonchev–Trinajstić information content (AvgIpc) is 3.16. The Kier molecular flexibility index (Phi) is 9.92. The Hall–Kier alpha value is -2.80. The summed E-state index contributed by atoms with van der Waals surface area (Å²) in [7, 11) is 0. The molecule has 39 heavy (non-hydrogen) atoms. The van der Waals surface area contributed by atoms with Crippen LogP contribution in [0.1, 0.15) is 85.1 Å². The van der Waals surface area contributed by atoms with Gasteiger partial charge in [-0.1, -0.05) is 78.0 Å². The summed E-state index contributed by atoms with van der Waals surface area (Å²) in [5, 5.41) is 31.1. The summed E-state index contributed by atoms with van der Waals surface area (Å²) < 4.78 is 5.84. The van der Waals surface area contributed by atoms with Crippen LogP contribution in [-0.4, -0.2) is 58.0 Å². The maximum Gasteiger partial charge on any atom is 0.315 e. The van der Waals surface area contributed by atoms with Gasteiger partial charge in [0, 0.05) is 18.8 Å². The summed E-state index contributed by atoms with van der Waals surface area (Å²) >= 11 is 0. The van der Waals surface area contributed by atoms with E-state index in [0.717, 1.165) is 6.42 Å². The van der Waals surface area contributed by atoms with Crippen molar-refractivity contribution in [2.45, 2.75) is 92.1 Å². The minimum absolute atomic E-state index is 0.0739. The van der Waals surface area contributed by atoms with E-state index in [-0.39, 0.29) is 26.1 Å². The number of hydrogen-bond acceptors (Lipinski definition) is 5. The number of rotatable bonds is 14. The molecule has 3 rings (SSSR count). The molecule has 1 heterocycles. The third-order valence-electron chi connectivity index (χ3n) is 8.61. The number of carboxylic acid groups (broad SMARTS) is 2. The van der Waals surface area contributed by atoms with Gasteiger partial charge in [-0.25, -0.2) is 0 Å². The van der Waals surface area contributed by atoms with Gasteiger partial charge in [-0.3, -0.25) is 9.59 Å². The number of carboxylic acids is 2. The Morgan fingerprint density at radius 1 is 1.03 bits per heavy atom. The first-order chi connectivity index (χ1) is 18.3. The van der Waals surface area contributed by atoms with Crippen LogP contribution in [0.2, 0.25) is 0 Å². The SMILES string of the molecule is CCCCCCCCc1ccc(OCC(O)CN2CC(C)(C(=O)O)C3=C2C=CC(C(=O)O)(C(C)(C)C)C3)cc1. The first-order valence-electron chi connectivity index (χ1n) is 14.4. The molecule has 1 aromatic rings. The molecule has 3 unspecified atom stereocenters. The van der Waals surface area contributed by atoms with Crippen molar-refractivity contribution >= 4 is 11.9 Å². The smallest absolute Gasteiger partial charge is 0.315 e. The normalized spacial score (nSPS) is 23.6. The van der Waals surface area contributed by atoms with Crippen LogP contribution in [0.15, 0.2) is 47.7 Å². The molecular weight excluding hydrogens is 494 g/mol. The Morgan fingerprint density at radius 3 is 2.26 bits per heavy atom. The van der Waals surface area contributed by atoms with Crippen molar-refractivity contribution in [2.75, 3.05) is 19.7 Å². The standard InChI is InChI=1S/C32H47NO6/c1-6-7-8-9-10-11-12-23-13-15-25(16-14-23)39-21-24(34)20-33-22-31(5,28(35)36)26-19-32(29(37)38,30(2,3)4)18-17-27(26)33/h13-18,24,34H,6-12,19-22H2,1-5H3,(H,35,36)(H,37,38). The fourth-order valence-electron chi connectivity index (χ4n) is 5.79. The minimum atomic E-state index is -1.24. The zero-order chi connectivity index (χ0) is 28.8. The molecule has 7 nitrogen and oxygen atoms in total. The van der Waals surface area contributed by atoms with Gasteiger partial charge in [-0.15, -0.1) is 0 Å². The first kappa shape index (κ1) is 30.7. The van der Waals surface area contributed by atoms with Gasteiger partial charge in [0.15, 0.2) is 0 Å². The minimum Gasteiger partial charge on any atom is -0.491 e. The zero-order valence-electron chi connectivity index (χ0n) is 24.3. The quantitative estimate of drug-likeness (QED) is 0.246.